The van der Waals surface area contributed by atoms with Crippen molar-refractivity contribution in [3.05, 3.63) is 122 Å². The van der Waals surface area contributed by atoms with E-state index in [1.165, 1.54) is 24.3 Å². The fourth-order valence-electron chi connectivity index (χ4n) is 4.71. The van der Waals surface area contributed by atoms with Gasteiger partial charge in [0, 0.05) is 59.8 Å². The molecular weight excluding hydrogens is 560 g/mol. The summed E-state index contributed by atoms with van der Waals surface area (Å²) in [6.45, 7) is 2.11. The second-order valence-electron chi connectivity index (χ2n) is 10.3. The van der Waals surface area contributed by atoms with Crippen molar-refractivity contribution in [2.45, 2.75) is 13.1 Å². The SMILES string of the molecule is CN(C)CCn1ncc(-c2ccc(F)cc2)c1-c1ccncc1.OCCn1cc(-c2ccc(F)cc2)c(-c2ccncc2)n1. The highest BCUT2D eigenvalue weighted by atomic mass is 19.1. The molecule has 0 atom stereocenters. The van der Waals surface area contributed by atoms with Crippen molar-refractivity contribution in [1.82, 2.24) is 34.4 Å². The van der Waals surface area contributed by atoms with E-state index in [0.29, 0.717) is 6.54 Å². The van der Waals surface area contributed by atoms with Gasteiger partial charge in [0.15, 0.2) is 0 Å². The predicted octanol–water partition coefficient (Wildman–Crippen LogP) is 6.06. The first-order valence-electron chi connectivity index (χ1n) is 14.1. The van der Waals surface area contributed by atoms with E-state index >= 15 is 0 Å². The molecule has 0 unspecified atom stereocenters. The molecule has 4 heterocycles. The van der Waals surface area contributed by atoms with Gasteiger partial charge < -0.3 is 10.0 Å². The Bertz CT molecular complexity index is 1750. The highest BCUT2D eigenvalue weighted by Crippen LogP contribution is 2.32. The molecule has 0 saturated carbocycles. The molecule has 6 aromatic rings. The Morgan fingerprint density at radius 1 is 0.682 bits per heavy atom. The standard InChI is InChI=1S/C18H19FN4.C16H14FN3O/c1-22(2)11-12-23-18(15-7-9-20-10-8-15)17(13-21-23)14-3-5-16(19)6-4-14;17-14-3-1-12(2-4-14)15-11-20(9-10-21)19-16(15)13-5-7-18-8-6-13/h3-10,13H,11-12H2,1-2H3;1-8,11,21H,9-10H2. The van der Waals surface area contributed by atoms with E-state index in [-0.39, 0.29) is 18.2 Å². The molecule has 224 valence electrons. The topological polar surface area (TPSA) is 84.9 Å². The third-order valence-electron chi connectivity index (χ3n) is 6.91. The van der Waals surface area contributed by atoms with Crippen molar-refractivity contribution in [3.8, 4) is 44.8 Å². The first-order chi connectivity index (χ1) is 21.4. The molecule has 8 nitrogen and oxygen atoms in total. The minimum atomic E-state index is -0.271. The molecule has 1 N–H and O–H groups in total. The van der Waals surface area contributed by atoms with Crippen LogP contribution < -0.4 is 0 Å². The number of aliphatic hydroxyl groups excluding tert-OH is 1. The summed E-state index contributed by atoms with van der Waals surface area (Å²) in [5.41, 5.74) is 7.53. The number of aromatic nitrogens is 6. The molecule has 0 aliphatic heterocycles. The zero-order chi connectivity index (χ0) is 30.9. The van der Waals surface area contributed by atoms with Crippen LogP contribution in [0.4, 0.5) is 8.78 Å². The van der Waals surface area contributed by atoms with Crippen molar-refractivity contribution in [2.24, 2.45) is 0 Å². The summed E-state index contributed by atoms with van der Waals surface area (Å²) in [5.74, 6) is -0.508. The number of nitrogens with zero attached hydrogens (tertiary/aromatic N) is 7. The first kappa shape index (κ1) is 30.4. The molecule has 2 aromatic carbocycles. The minimum Gasteiger partial charge on any atom is -0.394 e. The maximum absolute atomic E-state index is 13.2. The van der Waals surface area contributed by atoms with Gasteiger partial charge in [0.2, 0.25) is 0 Å². The summed E-state index contributed by atoms with van der Waals surface area (Å²) in [6, 6.07) is 20.5. The summed E-state index contributed by atoms with van der Waals surface area (Å²) in [5, 5.41) is 18.1. The smallest absolute Gasteiger partial charge is 0.123 e. The van der Waals surface area contributed by atoms with Crippen molar-refractivity contribution in [3.63, 3.8) is 0 Å². The maximum Gasteiger partial charge on any atom is 0.123 e. The third kappa shape index (κ3) is 7.47. The van der Waals surface area contributed by atoms with Crippen LogP contribution in [0.2, 0.25) is 0 Å². The summed E-state index contributed by atoms with van der Waals surface area (Å²) in [6.07, 6.45) is 10.7. The van der Waals surface area contributed by atoms with Gasteiger partial charge in [0.05, 0.1) is 31.6 Å². The predicted molar refractivity (Wildman–Crippen MR) is 167 cm³/mol. The van der Waals surface area contributed by atoms with E-state index in [9.17, 15) is 8.78 Å². The molecule has 0 saturated heterocycles. The number of aliphatic hydroxyl groups is 1. The van der Waals surface area contributed by atoms with Crippen molar-refractivity contribution >= 4 is 0 Å². The lowest BCUT2D eigenvalue weighted by Gasteiger charge is -2.13. The van der Waals surface area contributed by atoms with E-state index < -0.39 is 0 Å². The molecule has 10 heteroatoms. The maximum atomic E-state index is 13.2. The lowest BCUT2D eigenvalue weighted by Crippen LogP contribution is -2.19. The van der Waals surface area contributed by atoms with Crippen LogP contribution in [0.3, 0.4) is 0 Å². The Kier molecular flexibility index (Phi) is 9.96. The normalized spacial score (nSPS) is 11.0. The highest BCUT2D eigenvalue weighted by Gasteiger charge is 2.15. The van der Waals surface area contributed by atoms with Gasteiger partial charge in [0.1, 0.15) is 17.3 Å². The van der Waals surface area contributed by atoms with Crippen molar-refractivity contribution < 1.29 is 13.9 Å². The van der Waals surface area contributed by atoms with Crippen LogP contribution in [0.1, 0.15) is 0 Å². The van der Waals surface area contributed by atoms with Gasteiger partial charge in [-0.1, -0.05) is 24.3 Å². The number of halogens is 2. The number of rotatable bonds is 9. The van der Waals surface area contributed by atoms with E-state index in [4.69, 9.17) is 5.11 Å². The quantitative estimate of drug-likeness (QED) is 0.220. The Morgan fingerprint density at radius 2 is 1.23 bits per heavy atom. The second-order valence-corrected chi connectivity index (χ2v) is 10.3. The Morgan fingerprint density at radius 3 is 1.77 bits per heavy atom. The minimum absolute atomic E-state index is 0.0142. The molecule has 44 heavy (non-hydrogen) atoms. The van der Waals surface area contributed by atoms with Crippen LogP contribution in [0.5, 0.6) is 0 Å². The molecule has 0 spiro atoms. The summed E-state index contributed by atoms with van der Waals surface area (Å²) < 4.78 is 30.0. The van der Waals surface area contributed by atoms with Gasteiger partial charge in [-0.25, -0.2) is 8.78 Å². The van der Waals surface area contributed by atoms with Crippen LogP contribution in [0.15, 0.2) is 110 Å². The van der Waals surface area contributed by atoms with E-state index in [2.05, 4.69) is 25.1 Å². The number of hydrogen-bond donors (Lipinski definition) is 1. The average molecular weight is 594 g/mol. The summed E-state index contributed by atoms with van der Waals surface area (Å²) in [4.78, 5) is 10.2. The van der Waals surface area contributed by atoms with Gasteiger partial charge in [0.25, 0.3) is 0 Å². The molecular formula is C34H33F2N7O. The van der Waals surface area contributed by atoms with Gasteiger partial charge >= 0.3 is 0 Å². The fraction of sp³-hybridized carbons (Fsp3) is 0.176. The lowest BCUT2D eigenvalue weighted by molar-refractivity contribution is 0.269. The fourth-order valence-corrected chi connectivity index (χ4v) is 4.71. The van der Waals surface area contributed by atoms with Crippen LogP contribution in [0, 0.1) is 11.6 Å². The molecule has 0 fully saturated rings. The van der Waals surface area contributed by atoms with E-state index in [1.54, 1.807) is 53.7 Å². The zero-order valence-corrected chi connectivity index (χ0v) is 24.6. The number of benzene rings is 2. The summed E-state index contributed by atoms with van der Waals surface area (Å²) in [7, 11) is 4.08. The largest absolute Gasteiger partial charge is 0.394 e. The molecule has 6 rings (SSSR count). The van der Waals surface area contributed by atoms with Crippen LogP contribution >= 0.6 is 0 Å². The zero-order valence-electron chi connectivity index (χ0n) is 24.6. The van der Waals surface area contributed by atoms with Crippen molar-refractivity contribution in [2.75, 3.05) is 27.2 Å². The Hall–Kier alpha value is -5.06. The lowest BCUT2D eigenvalue weighted by atomic mass is 10.0. The Labute approximate surface area is 254 Å². The van der Waals surface area contributed by atoms with Gasteiger partial charge in [-0.3, -0.25) is 19.3 Å². The van der Waals surface area contributed by atoms with Gasteiger partial charge in [-0.05, 0) is 73.8 Å². The molecule has 0 aliphatic carbocycles. The van der Waals surface area contributed by atoms with E-state index in [0.717, 1.165) is 57.9 Å². The monoisotopic (exact) mass is 593 g/mol. The molecule has 4 aromatic heterocycles. The first-order valence-corrected chi connectivity index (χ1v) is 14.1. The second kappa shape index (κ2) is 14.4. The van der Waals surface area contributed by atoms with Crippen LogP contribution in [-0.2, 0) is 13.1 Å². The number of likely N-dealkylation sites (N-methyl/N-ethyl adjacent to an activating group) is 1. The van der Waals surface area contributed by atoms with Crippen LogP contribution in [0.25, 0.3) is 44.8 Å². The van der Waals surface area contributed by atoms with E-state index in [1.807, 2.05) is 55.4 Å². The van der Waals surface area contributed by atoms with Crippen molar-refractivity contribution in [1.29, 1.82) is 0 Å². The van der Waals surface area contributed by atoms with Gasteiger partial charge in [-0.15, -0.1) is 0 Å². The third-order valence-corrected chi connectivity index (χ3v) is 6.91. The Balaban J connectivity index is 0.000000175. The molecule has 0 bridgehead atoms. The highest BCUT2D eigenvalue weighted by molar-refractivity contribution is 5.81. The van der Waals surface area contributed by atoms with Gasteiger partial charge in [-0.2, -0.15) is 10.2 Å². The summed E-state index contributed by atoms with van der Waals surface area (Å²) >= 11 is 0. The van der Waals surface area contributed by atoms with Crippen LogP contribution in [-0.4, -0.2) is 66.8 Å². The molecule has 0 aliphatic rings. The number of hydrogen-bond acceptors (Lipinski definition) is 6. The number of pyridine rings is 2. The average Bonchev–Trinajstić information content (AvgIpc) is 3.67. The molecule has 0 amide bonds. The molecule has 0 radical (unpaired) electrons.